The third-order valence-corrected chi connectivity index (χ3v) is 6.74. The second kappa shape index (κ2) is 9.05. The molecule has 0 saturated heterocycles. The molecule has 0 amide bonds. The first-order chi connectivity index (χ1) is 13.5. The monoisotopic (exact) mass is 416 g/mol. The highest BCUT2D eigenvalue weighted by atomic mass is 32.1. The van der Waals surface area contributed by atoms with E-state index in [9.17, 15) is 4.79 Å². The number of carbonyl (C=O) groups excluding carboxylic acids is 1. The van der Waals surface area contributed by atoms with Gasteiger partial charge in [-0.05, 0) is 66.9 Å². The third-order valence-electron chi connectivity index (χ3n) is 5.37. The Hall–Kier alpha value is -1.92. The van der Waals surface area contributed by atoms with Crippen molar-refractivity contribution in [3.8, 4) is 0 Å². The van der Waals surface area contributed by atoms with Crippen LogP contribution in [0.3, 0.4) is 0 Å². The van der Waals surface area contributed by atoms with Gasteiger partial charge in [-0.15, -0.1) is 11.3 Å². The number of hydrogen-bond acceptors (Lipinski definition) is 4. The number of hydrogen-bond donors (Lipinski definition) is 2. The highest BCUT2D eigenvalue weighted by molar-refractivity contribution is 7.80. The van der Waals surface area contributed by atoms with E-state index < -0.39 is 0 Å². The fraction of sp³-hybridized carbons (Fsp3) is 0.455. The highest BCUT2D eigenvalue weighted by Crippen LogP contribution is 2.40. The molecule has 1 aliphatic carbocycles. The van der Waals surface area contributed by atoms with Crippen molar-refractivity contribution in [2.45, 2.75) is 52.9 Å². The van der Waals surface area contributed by atoms with Crippen LogP contribution in [0.15, 0.2) is 18.2 Å². The number of methoxy groups -OCH3 is 1. The first-order valence-corrected chi connectivity index (χ1v) is 11.1. The van der Waals surface area contributed by atoms with E-state index in [1.807, 2.05) is 0 Å². The summed E-state index contributed by atoms with van der Waals surface area (Å²) in [7, 11) is 1.43. The molecule has 1 aromatic carbocycles. The Morgan fingerprint density at radius 1 is 1.25 bits per heavy atom. The molecule has 0 aliphatic heterocycles. The molecule has 2 N–H and O–H groups in total. The number of ether oxygens (including phenoxy) is 1. The molecule has 0 fully saturated rings. The van der Waals surface area contributed by atoms with E-state index >= 15 is 0 Å². The van der Waals surface area contributed by atoms with Crippen molar-refractivity contribution in [3.05, 3.63) is 45.3 Å². The maximum atomic E-state index is 12.5. The Labute approximate surface area is 176 Å². The van der Waals surface area contributed by atoms with Gasteiger partial charge in [0.2, 0.25) is 0 Å². The average molecular weight is 417 g/mol. The average Bonchev–Trinajstić information content (AvgIpc) is 3.03. The lowest BCUT2D eigenvalue weighted by atomic mass is 9.88. The quantitative estimate of drug-likeness (QED) is 0.491. The summed E-state index contributed by atoms with van der Waals surface area (Å²) >= 11 is 7.24. The van der Waals surface area contributed by atoms with Crippen molar-refractivity contribution in [2.75, 3.05) is 17.7 Å². The van der Waals surface area contributed by atoms with Crippen LogP contribution in [0.2, 0.25) is 0 Å². The summed E-state index contributed by atoms with van der Waals surface area (Å²) in [5.74, 6) is 0.346. The van der Waals surface area contributed by atoms with Gasteiger partial charge in [0.1, 0.15) is 5.00 Å². The van der Waals surface area contributed by atoms with Gasteiger partial charge in [0.25, 0.3) is 0 Å². The van der Waals surface area contributed by atoms with Crippen LogP contribution in [-0.4, -0.2) is 18.2 Å². The standard InChI is InChI=1S/C22H28N2O2S2/c1-5-14-8-7-9-15(6-2)19(14)23-22(27)24-20-18(21(25)26-4)16-11-10-13(3)12-17(16)28-20/h7-9,13H,5-6,10-12H2,1-4H3,(H2,23,24,27). The summed E-state index contributed by atoms with van der Waals surface area (Å²) in [5, 5.41) is 7.96. The lowest BCUT2D eigenvalue weighted by molar-refractivity contribution is 0.0601. The normalized spacial score (nSPS) is 15.6. The first kappa shape index (κ1) is 20.8. The molecular weight excluding hydrogens is 388 g/mol. The zero-order chi connectivity index (χ0) is 20.3. The molecule has 1 aliphatic rings. The number of esters is 1. The van der Waals surface area contributed by atoms with E-state index in [1.165, 1.54) is 23.1 Å². The molecule has 1 atom stereocenters. The molecule has 4 nitrogen and oxygen atoms in total. The molecule has 1 aromatic heterocycles. The molecule has 1 heterocycles. The van der Waals surface area contributed by atoms with Crippen LogP contribution in [0, 0.1) is 5.92 Å². The number of para-hydroxylation sites is 1. The maximum Gasteiger partial charge on any atom is 0.341 e. The predicted octanol–water partition coefficient (Wildman–Crippen LogP) is 5.59. The summed E-state index contributed by atoms with van der Waals surface area (Å²) in [6.45, 7) is 6.54. The van der Waals surface area contributed by atoms with Crippen molar-refractivity contribution >= 4 is 45.3 Å². The van der Waals surface area contributed by atoms with Crippen LogP contribution < -0.4 is 10.6 Å². The molecule has 3 rings (SSSR count). The van der Waals surface area contributed by atoms with Crippen molar-refractivity contribution in [3.63, 3.8) is 0 Å². The number of aryl methyl sites for hydroxylation is 2. The van der Waals surface area contributed by atoms with Crippen LogP contribution in [0.4, 0.5) is 10.7 Å². The van der Waals surface area contributed by atoms with Crippen LogP contribution >= 0.6 is 23.6 Å². The highest BCUT2D eigenvalue weighted by Gasteiger charge is 2.28. The molecule has 150 valence electrons. The summed E-state index contributed by atoms with van der Waals surface area (Å²) < 4.78 is 5.07. The van der Waals surface area contributed by atoms with E-state index in [2.05, 4.69) is 49.6 Å². The van der Waals surface area contributed by atoms with Gasteiger partial charge in [0, 0.05) is 10.6 Å². The molecule has 0 radical (unpaired) electrons. The van der Waals surface area contributed by atoms with Crippen molar-refractivity contribution in [2.24, 2.45) is 5.92 Å². The molecule has 0 bridgehead atoms. The van der Waals surface area contributed by atoms with Gasteiger partial charge in [0.05, 0.1) is 12.7 Å². The van der Waals surface area contributed by atoms with Crippen LogP contribution in [0.1, 0.15) is 59.1 Å². The molecule has 2 aromatic rings. The zero-order valence-electron chi connectivity index (χ0n) is 17.0. The van der Waals surface area contributed by atoms with Gasteiger partial charge in [-0.3, -0.25) is 0 Å². The van der Waals surface area contributed by atoms with Gasteiger partial charge < -0.3 is 15.4 Å². The topological polar surface area (TPSA) is 50.4 Å². The Kier molecular flexibility index (Phi) is 6.73. The number of fused-ring (bicyclic) bond motifs is 1. The number of benzene rings is 1. The Morgan fingerprint density at radius 2 is 1.93 bits per heavy atom. The minimum atomic E-state index is -0.291. The van der Waals surface area contributed by atoms with Crippen LogP contribution in [-0.2, 0) is 30.4 Å². The number of nitrogens with one attached hydrogen (secondary N) is 2. The zero-order valence-corrected chi connectivity index (χ0v) is 18.6. The van der Waals surface area contributed by atoms with Gasteiger partial charge in [0.15, 0.2) is 5.11 Å². The molecule has 0 saturated carbocycles. The first-order valence-electron chi connectivity index (χ1n) is 9.90. The number of carbonyl (C=O) groups is 1. The molecule has 28 heavy (non-hydrogen) atoms. The predicted molar refractivity (Wildman–Crippen MR) is 122 cm³/mol. The lowest BCUT2D eigenvalue weighted by Crippen LogP contribution is -2.22. The van der Waals surface area contributed by atoms with E-state index in [1.54, 1.807) is 11.3 Å². The fourth-order valence-electron chi connectivity index (χ4n) is 3.81. The summed E-state index contributed by atoms with van der Waals surface area (Å²) in [6, 6.07) is 6.33. The molecule has 6 heteroatoms. The van der Waals surface area contributed by atoms with E-state index in [0.717, 1.165) is 48.4 Å². The fourth-order valence-corrected chi connectivity index (χ4v) is 5.48. The third kappa shape index (κ3) is 4.23. The number of anilines is 2. The minimum Gasteiger partial charge on any atom is -0.465 e. The SMILES string of the molecule is CCc1cccc(CC)c1NC(=S)Nc1sc2c(c1C(=O)OC)CCC(C)C2. The smallest absolute Gasteiger partial charge is 0.341 e. The Balaban J connectivity index is 1.88. The van der Waals surface area contributed by atoms with Gasteiger partial charge >= 0.3 is 5.97 Å². The van der Waals surface area contributed by atoms with Crippen LogP contribution in [0.25, 0.3) is 0 Å². The van der Waals surface area contributed by atoms with Crippen LogP contribution in [0.5, 0.6) is 0 Å². The van der Waals surface area contributed by atoms with E-state index in [0.29, 0.717) is 16.6 Å². The van der Waals surface area contributed by atoms with Gasteiger partial charge in [-0.2, -0.15) is 0 Å². The Morgan fingerprint density at radius 3 is 2.54 bits per heavy atom. The lowest BCUT2D eigenvalue weighted by Gasteiger charge is -2.18. The number of rotatable bonds is 5. The van der Waals surface area contributed by atoms with E-state index in [-0.39, 0.29) is 5.97 Å². The summed E-state index contributed by atoms with van der Waals surface area (Å²) in [5.41, 5.74) is 5.31. The second-order valence-electron chi connectivity index (χ2n) is 7.28. The molecule has 0 spiro atoms. The van der Waals surface area contributed by atoms with E-state index in [4.69, 9.17) is 17.0 Å². The second-order valence-corrected chi connectivity index (χ2v) is 8.80. The molecular formula is C22H28N2O2S2. The van der Waals surface area contributed by atoms with Crippen molar-refractivity contribution in [1.29, 1.82) is 0 Å². The van der Waals surface area contributed by atoms with Crippen molar-refractivity contribution < 1.29 is 9.53 Å². The van der Waals surface area contributed by atoms with Gasteiger partial charge in [-0.25, -0.2) is 4.79 Å². The van der Waals surface area contributed by atoms with Crippen molar-refractivity contribution in [1.82, 2.24) is 0 Å². The number of thiocarbonyl (C=S) groups is 1. The molecule has 1 unspecified atom stereocenters. The number of thiophene rings is 1. The van der Waals surface area contributed by atoms with Gasteiger partial charge in [-0.1, -0.05) is 39.0 Å². The largest absolute Gasteiger partial charge is 0.465 e. The summed E-state index contributed by atoms with van der Waals surface area (Å²) in [6.07, 6.45) is 4.87. The summed E-state index contributed by atoms with van der Waals surface area (Å²) in [4.78, 5) is 13.7. The minimum absolute atomic E-state index is 0.291. The maximum absolute atomic E-state index is 12.5. The Bertz CT molecular complexity index is 867.